The third kappa shape index (κ3) is 3.21. The number of benzene rings is 1. The molecule has 0 atom stereocenters. The lowest BCUT2D eigenvalue weighted by atomic mass is 10.2. The summed E-state index contributed by atoms with van der Waals surface area (Å²) in [6.45, 7) is 1.93. The van der Waals surface area contributed by atoms with Crippen LogP contribution in [0.5, 0.6) is 0 Å². The Hall–Kier alpha value is -0.660. The van der Waals surface area contributed by atoms with Gasteiger partial charge in [0, 0.05) is 8.46 Å². The summed E-state index contributed by atoms with van der Waals surface area (Å²) >= 11 is 3.58. The fourth-order valence-electron chi connectivity index (χ4n) is 1.40. The highest BCUT2D eigenvalue weighted by Crippen LogP contribution is 2.28. The zero-order valence-corrected chi connectivity index (χ0v) is 13.4. The number of rotatable bonds is 3. The standard InChI is InChI=1S/C13H11IO2S2/c1-10-4-6-11(7-5-10)18(15,16)9-12(14)13-3-2-8-17-13/h2-9H,1H3/b12-9+. The molecule has 18 heavy (non-hydrogen) atoms. The first-order valence-electron chi connectivity index (χ1n) is 5.22. The van der Waals surface area contributed by atoms with E-state index in [1.165, 1.54) is 16.7 Å². The van der Waals surface area contributed by atoms with E-state index >= 15 is 0 Å². The van der Waals surface area contributed by atoms with Gasteiger partial charge in [0.15, 0.2) is 0 Å². The van der Waals surface area contributed by atoms with Gasteiger partial charge < -0.3 is 0 Å². The number of aryl methyl sites for hydroxylation is 1. The molecule has 0 amide bonds. The maximum Gasteiger partial charge on any atom is 0.200 e. The highest BCUT2D eigenvalue weighted by atomic mass is 127. The van der Waals surface area contributed by atoms with Crippen molar-refractivity contribution in [1.29, 1.82) is 0 Å². The molecule has 2 aromatic rings. The van der Waals surface area contributed by atoms with Gasteiger partial charge in [0.1, 0.15) is 0 Å². The van der Waals surface area contributed by atoms with Crippen LogP contribution in [0.2, 0.25) is 0 Å². The van der Waals surface area contributed by atoms with E-state index in [4.69, 9.17) is 0 Å². The van der Waals surface area contributed by atoms with Crippen LogP contribution >= 0.6 is 33.9 Å². The van der Waals surface area contributed by atoms with Crippen molar-refractivity contribution in [3.05, 3.63) is 57.6 Å². The molecule has 0 spiro atoms. The maximum atomic E-state index is 12.2. The van der Waals surface area contributed by atoms with E-state index in [1.807, 2.05) is 24.4 Å². The fourth-order valence-corrected chi connectivity index (χ4v) is 4.73. The molecule has 0 radical (unpaired) electrons. The molecular weight excluding hydrogens is 379 g/mol. The molecule has 5 heteroatoms. The summed E-state index contributed by atoms with van der Waals surface area (Å²) in [6, 6.07) is 10.7. The molecule has 0 aliphatic rings. The Morgan fingerprint density at radius 3 is 2.44 bits per heavy atom. The molecule has 0 fully saturated rings. The summed E-state index contributed by atoms with van der Waals surface area (Å²) in [4.78, 5) is 1.30. The zero-order valence-electron chi connectivity index (χ0n) is 9.63. The van der Waals surface area contributed by atoms with E-state index in [2.05, 4.69) is 22.6 Å². The second-order valence-corrected chi connectivity index (χ2v) is 7.71. The Labute approximate surface area is 124 Å². The van der Waals surface area contributed by atoms with Gasteiger partial charge in [-0.1, -0.05) is 23.8 Å². The Morgan fingerprint density at radius 1 is 1.22 bits per heavy atom. The first-order valence-corrected chi connectivity index (χ1v) is 8.72. The quantitative estimate of drug-likeness (QED) is 0.734. The van der Waals surface area contributed by atoms with Gasteiger partial charge >= 0.3 is 0 Å². The first-order chi connectivity index (χ1) is 8.49. The summed E-state index contributed by atoms with van der Waals surface area (Å²) in [5.74, 6) is 0. The first kappa shape index (κ1) is 13.8. The second-order valence-electron chi connectivity index (χ2n) is 3.80. The van der Waals surface area contributed by atoms with Crippen molar-refractivity contribution in [2.75, 3.05) is 0 Å². The minimum atomic E-state index is -3.37. The van der Waals surface area contributed by atoms with Gasteiger partial charge in [-0.05, 0) is 53.1 Å². The lowest BCUT2D eigenvalue weighted by Gasteiger charge is -2.01. The maximum absolute atomic E-state index is 12.2. The Morgan fingerprint density at radius 2 is 1.89 bits per heavy atom. The number of hydrogen-bond acceptors (Lipinski definition) is 3. The summed E-state index contributed by atoms with van der Waals surface area (Å²) in [5, 5.41) is 3.25. The zero-order chi connectivity index (χ0) is 13.2. The molecular formula is C13H11IO2S2. The average Bonchev–Trinajstić information content (AvgIpc) is 2.82. The van der Waals surface area contributed by atoms with Crippen LogP contribution in [0.25, 0.3) is 3.58 Å². The molecule has 0 N–H and O–H groups in total. The van der Waals surface area contributed by atoms with Crippen LogP contribution in [-0.4, -0.2) is 8.42 Å². The molecule has 2 nitrogen and oxygen atoms in total. The molecule has 2 rings (SSSR count). The molecule has 0 saturated heterocycles. The highest BCUT2D eigenvalue weighted by Gasteiger charge is 2.12. The molecule has 0 aliphatic heterocycles. The molecule has 0 bridgehead atoms. The Kier molecular flexibility index (Phi) is 4.24. The Balaban J connectivity index is 2.38. The van der Waals surface area contributed by atoms with E-state index in [-0.39, 0.29) is 0 Å². The molecule has 94 valence electrons. The van der Waals surface area contributed by atoms with Crippen molar-refractivity contribution >= 4 is 47.3 Å². The van der Waals surface area contributed by atoms with Crippen molar-refractivity contribution in [1.82, 2.24) is 0 Å². The van der Waals surface area contributed by atoms with Crippen molar-refractivity contribution in [3.63, 3.8) is 0 Å². The fraction of sp³-hybridized carbons (Fsp3) is 0.0769. The second kappa shape index (κ2) is 5.54. The topological polar surface area (TPSA) is 34.1 Å². The SMILES string of the molecule is Cc1ccc(S(=O)(=O)/C=C(/I)c2cccs2)cc1. The van der Waals surface area contributed by atoms with E-state index < -0.39 is 9.84 Å². The third-order valence-corrected chi connectivity index (χ3v) is 6.42. The predicted octanol–water partition coefficient (Wildman–Crippen LogP) is 4.26. The van der Waals surface area contributed by atoms with Crippen LogP contribution in [0.1, 0.15) is 10.4 Å². The average molecular weight is 390 g/mol. The van der Waals surface area contributed by atoms with E-state index in [0.29, 0.717) is 4.90 Å². The Bertz CT molecular complexity index is 654. The van der Waals surface area contributed by atoms with Gasteiger partial charge in [-0.15, -0.1) is 11.3 Å². The minimum absolute atomic E-state index is 0.332. The van der Waals surface area contributed by atoms with Crippen molar-refractivity contribution in [2.45, 2.75) is 11.8 Å². The number of thiophene rings is 1. The molecule has 0 aliphatic carbocycles. The summed E-state index contributed by atoms with van der Waals surface area (Å²) < 4.78 is 25.1. The van der Waals surface area contributed by atoms with Crippen LogP contribution in [0.3, 0.4) is 0 Å². The van der Waals surface area contributed by atoms with Gasteiger partial charge in [0.2, 0.25) is 9.84 Å². The predicted molar refractivity (Wildman–Crippen MR) is 84.7 cm³/mol. The van der Waals surface area contributed by atoms with Crippen molar-refractivity contribution in [3.8, 4) is 0 Å². The molecule has 1 aromatic heterocycles. The van der Waals surface area contributed by atoms with E-state index in [0.717, 1.165) is 14.0 Å². The van der Waals surface area contributed by atoms with Crippen LogP contribution in [-0.2, 0) is 9.84 Å². The highest BCUT2D eigenvalue weighted by molar-refractivity contribution is 14.1. The summed E-state index contributed by atoms with van der Waals surface area (Å²) in [5.41, 5.74) is 1.05. The van der Waals surface area contributed by atoms with E-state index in [9.17, 15) is 8.42 Å². The lowest BCUT2D eigenvalue weighted by Crippen LogP contribution is -1.96. The largest absolute Gasteiger partial charge is 0.219 e. The van der Waals surface area contributed by atoms with Crippen molar-refractivity contribution < 1.29 is 8.42 Å². The minimum Gasteiger partial charge on any atom is -0.219 e. The van der Waals surface area contributed by atoms with Gasteiger partial charge in [-0.2, -0.15) is 0 Å². The third-order valence-electron chi connectivity index (χ3n) is 2.36. The number of sulfone groups is 1. The van der Waals surface area contributed by atoms with Crippen LogP contribution in [0, 0.1) is 6.92 Å². The van der Waals surface area contributed by atoms with Crippen LogP contribution in [0.15, 0.2) is 52.1 Å². The summed E-state index contributed by atoms with van der Waals surface area (Å²) in [6.07, 6.45) is 0. The smallest absolute Gasteiger partial charge is 0.200 e. The normalized spacial score (nSPS) is 12.7. The van der Waals surface area contributed by atoms with Crippen LogP contribution < -0.4 is 0 Å². The van der Waals surface area contributed by atoms with Gasteiger partial charge in [-0.3, -0.25) is 0 Å². The van der Waals surface area contributed by atoms with Crippen LogP contribution in [0.4, 0.5) is 0 Å². The lowest BCUT2D eigenvalue weighted by molar-refractivity contribution is 0.605. The molecule has 0 unspecified atom stereocenters. The molecule has 1 heterocycles. The van der Waals surface area contributed by atoms with Gasteiger partial charge in [0.05, 0.1) is 10.3 Å². The van der Waals surface area contributed by atoms with E-state index in [1.54, 1.807) is 24.3 Å². The molecule has 0 saturated carbocycles. The van der Waals surface area contributed by atoms with Crippen molar-refractivity contribution in [2.24, 2.45) is 0 Å². The van der Waals surface area contributed by atoms with Gasteiger partial charge in [0.25, 0.3) is 0 Å². The monoisotopic (exact) mass is 390 g/mol. The summed E-state index contributed by atoms with van der Waals surface area (Å²) in [7, 11) is -3.37. The number of hydrogen-bond donors (Lipinski definition) is 0. The van der Waals surface area contributed by atoms with Gasteiger partial charge in [-0.25, -0.2) is 8.42 Å². The number of halogens is 1. The molecule has 1 aromatic carbocycles.